The Morgan fingerprint density at radius 1 is 1.35 bits per heavy atom. The van der Waals surface area contributed by atoms with E-state index in [-0.39, 0.29) is 0 Å². The standard InChI is InChI=1S/C13H18N6S/c1-4-20-13-15-12(17-18-13)16-14-9-10-5-7-11(8-6-10)19(2)3/h5-9H,4H2,1-3H3,(H2,15,16,17,18)/b14-9-. The maximum Gasteiger partial charge on any atom is 0.240 e. The highest BCUT2D eigenvalue weighted by Gasteiger charge is 2.00. The van der Waals surface area contributed by atoms with Gasteiger partial charge in [-0.3, -0.25) is 0 Å². The number of benzene rings is 1. The number of nitrogens with one attached hydrogen (secondary N) is 2. The van der Waals surface area contributed by atoms with Crippen molar-refractivity contribution < 1.29 is 0 Å². The number of hydrogen-bond acceptors (Lipinski definition) is 6. The van der Waals surface area contributed by atoms with Crippen molar-refractivity contribution in [2.45, 2.75) is 12.1 Å². The van der Waals surface area contributed by atoms with Crippen molar-refractivity contribution >= 4 is 29.6 Å². The van der Waals surface area contributed by atoms with Crippen LogP contribution in [0.3, 0.4) is 0 Å². The lowest BCUT2D eigenvalue weighted by Gasteiger charge is -2.11. The normalized spacial score (nSPS) is 10.9. The van der Waals surface area contributed by atoms with Gasteiger partial charge in [0, 0.05) is 19.8 Å². The quantitative estimate of drug-likeness (QED) is 0.486. The van der Waals surface area contributed by atoms with Gasteiger partial charge in [0.2, 0.25) is 11.1 Å². The van der Waals surface area contributed by atoms with Crippen molar-refractivity contribution in [3.63, 3.8) is 0 Å². The van der Waals surface area contributed by atoms with Gasteiger partial charge >= 0.3 is 0 Å². The monoisotopic (exact) mass is 290 g/mol. The van der Waals surface area contributed by atoms with Gasteiger partial charge in [-0.25, -0.2) is 10.5 Å². The average Bonchev–Trinajstić information content (AvgIpc) is 2.87. The molecule has 1 aromatic heterocycles. The predicted molar refractivity (Wildman–Crippen MR) is 84.8 cm³/mol. The topological polar surface area (TPSA) is 69.2 Å². The number of thioether (sulfide) groups is 1. The molecule has 0 spiro atoms. The molecule has 6 nitrogen and oxygen atoms in total. The average molecular weight is 290 g/mol. The molecule has 0 aliphatic heterocycles. The van der Waals surface area contributed by atoms with E-state index in [2.05, 4.69) is 37.5 Å². The first-order chi connectivity index (χ1) is 9.69. The van der Waals surface area contributed by atoms with E-state index in [1.165, 1.54) is 0 Å². The van der Waals surface area contributed by atoms with E-state index in [1.54, 1.807) is 18.0 Å². The molecule has 0 saturated heterocycles. The zero-order valence-electron chi connectivity index (χ0n) is 11.8. The third-order valence-corrected chi connectivity index (χ3v) is 3.26. The number of nitrogens with zero attached hydrogens (tertiary/aromatic N) is 4. The molecule has 0 unspecified atom stereocenters. The summed E-state index contributed by atoms with van der Waals surface area (Å²) < 4.78 is 0. The Labute approximate surface area is 122 Å². The molecule has 1 heterocycles. The van der Waals surface area contributed by atoms with Gasteiger partial charge in [0.1, 0.15) is 0 Å². The van der Waals surface area contributed by atoms with Gasteiger partial charge in [0.25, 0.3) is 0 Å². The molecule has 0 atom stereocenters. The Morgan fingerprint density at radius 3 is 2.75 bits per heavy atom. The van der Waals surface area contributed by atoms with E-state index in [9.17, 15) is 0 Å². The lowest BCUT2D eigenvalue weighted by Crippen LogP contribution is -2.08. The molecule has 0 aliphatic carbocycles. The first-order valence-corrected chi connectivity index (χ1v) is 7.29. The van der Waals surface area contributed by atoms with Gasteiger partial charge in [0.05, 0.1) is 6.21 Å². The van der Waals surface area contributed by atoms with Crippen molar-refractivity contribution in [3.8, 4) is 0 Å². The second kappa shape index (κ2) is 6.95. The molecule has 2 aromatic rings. The van der Waals surface area contributed by atoms with E-state index in [0.29, 0.717) is 5.95 Å². The summed E-state index contributed by atoms with van der Waals surface area (Å²) in [7, 11) is 4.03. The third-order valence-electron chi connectivity index (χ3n) is 2.53. The lowest BCUT2D eigenvalue weighted by atomic mass is 10.2. The molecule has 0 radical (unpaired) electrons. The molecule has 0 aliphatic rings. The summed E-state index contributed by atoms with van der Waals surface area (Å²) in [6.07, 6.45) is 1.74. The molecule has 2 N–H and O–H groups in total. The number of rotatable bonds is 6. The van der Waals surface area contributed by atoms with Crippen molar-refractivity contribution in [1.29, 1.82) is 0 Å². The van der Waals surface area contributed by atoms with E-state index in [1.807, 2.05) is 38.4 Å². The number of H-pyrrole nitrogens is 1. The van der Waals surface area contributed by atoms with Crippen LogP contribution < -0.4 is 10.3 Å². The van der Waals surface area contributed by atoms with Crippen molar-refractivity contribution in [3.05, 3.63) is 29.8 Å². The van der Waals surface area contributed by atoms with Crippen LogP contribution in [0.2, 0.25) is 0 Å². The maximum absolute atomic E-state index is 4.23. The first kappa shape index (κ1) is 14.4. The second-order valence-corrected chi connectivity index (χ2v) is 5.49. The van der Waals surface area contributed by atoms with Gasteiger partial charge < -0.3 is 4.90 Å². The summed E-state index contributed by atoms with van der Waals surface area (Å²) in [5, 5.41) is 11.7. The van der Waals surface area contributed by atoms with Crippen LogP contribution in [-0.2, 0) is 0 Å². The minimum Gasteiger partial charge on any atom is -0.378 e. The van der Waals surface area contributed by atoms with Crippen LogP contribution >= 0.6 is 11.8 Å². The fourth-order valence-electron chi connectivity index (χ4n) is 1.52. The zero-order valence-corrected chi connectivity index (χ0v) is 12.6. The Bertz CT molecular complexity index is 560. The Balaban J connectivity index is 1.91. The SMILES string of the molecule is CCSc1n[nH]c(N/N=C\c2ccc(N(C)C)cc2)n1. The van der Waals surface area contributed by atoms with E-state index in [0.717, 1.165) is 22.2 Å². The molecule has 106 valence electrons. The van der Waals surface area contributed by atoms with E-state index in [4.69, 9.17) is 0 Å². The van der Waals surface area contributed by atoms with Gasteiger partial charge in [-0.15, -0.1) is 5.10 Å². The molecule has 0 amide bonds. The molecular weight excluding hydrogens is 272 g/mol. The highest BCUT2D eigenvalue weighted by Crippen LogP contribution is 2.13. The van der Waals surface area contributed by atoms with E-state index >= 15 is 0 Å². The largest absolute Gasteiger partial charge is 0.378 e. The Kier molecular flexibility index (Phi) is 5.00. The van der Waals surface area contributed by atoms with Crippen molar-refractivity contribution in [2.24, 2.45) is 5.10 Å². The third kappa shape index (κ3) is 3.99. The van der Waals surface area contributed by atoms with Crippen molar-refractivity contribution in [1.82, 2.24) is 15.2 Å². The fourth-order valence-corrected chi connectivity index (χ4v) is 2.04. The number of aromatic amines is 1. The summed E-state index contributed by atoms with van der Waals surface area (Å²) in [5.74, 6) is 1.49. The summed E-state index contributed by atoms with van der Waals surface area (Å²) in [4.78, 5) is 6.29. The smallest absolute Gasteiger partial charge is 0.240 e. The first-order valence-electron chi connectivity index (χ1n) is 6.30. The lowest BCUT2D eigenvalue weighted by molar-refractivity contribution is 0.973. The fraction of sp³-hybridized carbons (Fsp3) is 0.308. The number of aromatic nitrogens is 3. The van der Waals surface area contributed by atoms with Gasteiger partial charge in [0.15, 0.2) is 0 Å². The minimum absolute atomic E-state index is 0.544. The molecule has 0 bridgehead atoms. The van der Waals surface area contributed by atoms with Crippen LogP contribution in [-0.4, -0.2) is 41.2 Å². The zero-order chi connectivity index (χ0) is 14.4. The molecule has 1 aromatic carbocycles. The van der Waals surface area contributed by atoms with Gasteiger partial charge in [-0.1, -0.05) is 30.8 Å². The highest BCUT2D eigenvalue weighted by atomic mass is 32.2. The Hall–Kier alpha value is -2.02. The highest BCUT2D eigenvalue weighted by molar-refractivity contribution is 7.99. The summed E-state index contributed by atoms with van der Waals surface area (Å²) in [6.45, 7) is 2.06. The summed E-state index contributed by atoms with van der Waals surface area (Å²) in [5.41, 5.74) is 5.00. The molecule has 2 rings (SSSR count). The van der Waals surface area contributed by atoms with E-state index < -0.39 is 0 Å². The molecule has 20 heavy (non-hydrogen) atoms. The van der Waals surface area contributed by atoms with Crippen LogP contribution in [0.4, 0.5) is 11.6 Å². The molecular formula is C13H18N6S. The van der Waals surface area contributed by atoms with Crippen LogP contribution in [0.1, 0.15) is 12.5 Å². The number of hydrazone groups is 1. The van der Waals surface area contributed by atoms with Crippen LogP contribution in [0.15, 0.2) is 34.5 Å². The van der Waals surface area contributed by atoms with Crippen LogP contribution in [0.5, 0.6) is 0 Å². The minimum atomic E-state index is 0.544. The van der Waals surface area contributed by atoms with Crippen LogP contribution in [0.25, 0.3) is 0 Å². The summed E-state index contributed by atoms with van der Waals surface area (Å²) >= 11 is 1.58. The second-order valence-electron chi connectivity index (χ2n) is 4.26. The van der Waals surface area contributed by atoms with Gasteiger partial charge in [-0.2, -0.15) is 10.1 Å². The molecule has 0 fully saturated rings. The molecule has 7 heteroatoms. The number of anilines is 2. The van der Waals surface area contributed by atoms with Crippen molar-refractivity contribution in [2.75, 3.05) is 30.2 Å². The summed E-state index contributed by atoms with van der Waals surface area (Å²) in [6, 6.07) is 8.12. The Morgan fingerprint density at radius 2 is 2.10 bits per heavy atom. The number of hydrogen-bond donors (Lipinski definition) is 2. The maximum atomic E-state index is 4.23. The van der Waals surface area contributed by atoms with Crippen LogP contribution in [0, 0.1) is 0 Å². The van der Waals surface area contributed by atoms with Gasteiger partial charge in [-0.05, 0) is 23.4 Å². The predicted octanol–water partition coefficient (Wildman–Crippen LogP) is 2.43. The molecule has 0 saturated carbocycles.